The van der Waals surface area contributed by atoms with Gasteiger partial charge in [0.25, 0.3) is 0 Å². The molecule has 2 bridgehead atoms. The molecule has 0 aromatic carbocycles. The van der Waals surface area contributed by atoms with Crippen molar-refractivity contribution in [2.75, 3.05) is 0 Å². The Hall–Kier alpha value is -2.31. The number of carbonyl (C=O) groups excluding carboxylic acids is 1. The van der Waals surface area contributed by atoms with Gasteiger partial charge < -0.3 is 64.9 Å². The number of unbranched alkanes of at least 4 members (excludes halogenated alkanes) is 1. The van der Waals surface area contributed by atoms with E-state index in [1.165, 1.54) is 13.0 Å². The van der Waals surface area contributed by atoms with Gasteiger partial charge in [0.15, 0.2) is 6.29 Å². The van der Waals surface area contributed by atoms with E-state index in [-0.39, 0.29) is 32.1 Å². The summed E-state index contributed by atoms with van der Waals surface area (Å²) in [6.45, 7) is 6.67. The highest BCUT2D eigenvalue weighted by Crippen LogP contribution is 2.32. The Balaban J connectivity index is 1.89. The molecule has 3 rings (SSSR count). The van der Waals surface area contributed by atoms with E-state index in [4.69, 9.17) is 18.9 Å². The molecule has 0 spiro atoms. The summed E-state index contributed by atoms with van der Waals surface area (Å²) in [5.41, 5.74) is 0.481. The Morgan fingerprint density at radius 2 is 1.30 bits per heavy atom. The lowest BCUT2D eigenvalue weighted by Crippen LogP contribution is -2.59. The molecular formula is C39H62O14. The molecule has 16 atom stereocenters. The van der Waals surface area contributed by atoms with E-state index < -0.39 is 104 Å². The van der Waals surface area contributed by atoms with Crippen LogP contribution in [-0.4, -0.2) is 144 Å². The average molecular weight is 755 g/mol. The highest BCUT2D eigenvalue weighted by Gasteiger charge is 2.46. The number of allylic oxidation sites excluding steroid dienone is 8. The van der Waals surface area contributed by atoms with E-state index in [0.717, 1.165) is 6.42 Å². The van der Waals surface area contributed by atoms with Crippen molar-refractivity contribution in [1.82, 2.24) is 0 Å². The highest BCUT2D eigenvalue weighted by atomic mass is 16.7. The number of rotatable bonds is 5. The fourth-order valence-corrected chi connectivity index (χ4v) is 6.76. The van der Waals surface area contributed by atoms with Gasteiger partial charge in [-0.25, -0.2) is 0 Å². The molecule has 0 radical (unpaired) electrons. The molecule has 14 nitrogen and oxygen atoms in total. The highest BCUT2D eigenvalue weighted by molar-refractivity contribution is 5.73. The zero-order valence-electron chi connectivity index (χ0n) is 31.2. The smallest absolute Gasteiger partial charge is 0.311 e. The SMILES string of the molecule is CCCCC1C(=O)OC(C)C(O)/C=C/C=C/C=C/C=C\C=C(/C)C(O[C@@H]2O[C@@H](C)[C@H](O)[C@@H](O)[C@H]2O)C(O)C2CC(O)CC(CC(O)CC(O)CC1O)O2. The van der Waals surface area contributed by atoms with E-state index in [0.29, 0.717) is 18.4 Å². The lowest BCUT2D eigenvalue weighted by Gasteiger charge is -2.43. The number of aliphatic hydroxyl groups excluding tert-OH is 9. The van der Waals surface area contributed by atoms with Crippen molar-refractivity contribution in [1.29, 1.82) is 0 Å². The van der Waals surface area contributed by atoms with E-state index in [9.17, 15) is 50.8 Å². The molecule has 0 saturated carbocycles. The standard InChI is InChI=1S/C39H62O14/c1-5-6-15-29-31(44)20-26(41)17-25(40)18-28-19-27(42)21-32(52-28)34(46)37(53-39-36(48)35(47)33(45)24(4)51-39)22(2)14-12-10-8-7-9-11-13-16-30(43)23(3)50-38(29)49/h7-14,16,23-37,39-48H,5-6,15,17-21H2,1-4H3/b8-7+,11-9+,12-10-,16-13+,22-14+/t23?,24-,25?,26?,27?,28?,29?,30?,31?,32?,33-,34?,35+,36+,37?,39-/m0/s1. The second-order valence-corrected chi connectivity index (χ2v) is 14.6. The number of aliphatic hydroxyl groups is 9. The van der Waals surface area contributed by atoms with Crippen LogP contribution in [0.3, 0.4) is 0 Å². The van der Waals surface area contributed by atoms with Crippen LogP contribution < -0.4 is 0 Å². The summed E-state index contributed by atoms with van der Waals surface area (Å²) in [6, 6.07) is 0. The normalized spacial score (nSPS) is 45.2. The molecule has 0 amide bonds. The Morgan fingerprint density at radius 3 is 1.96 bits per heavy atom. The van der Waals surface area contributed by atoms with Crippen molar-refractivity contribution in [3.8, 4) is 0 Å². The molecule has 0 aromatic heterocycles. The molecule has 2 fully saturated rings. The summed E-state index contributed by atoms with van der Waals surface area (Å²) in [4.78, 5) is 13.1. The third kappa shape index (κ3) is 14.0. The molecule has 9 N–H and O–H groups in total. The van der Waals surface area contributed by atoms with Crippen LogP contribution in [0.15, 0.2) is 60.3 Å². The van der Waals surface area contributed by atoms with Crippen LogP contribution >= 0.6 is 0 Å². The van der Waals surface area contributed by atoms with Gasteiger partial charge in [-0.15, -0.1) is 0 Å². The quantitative estimate of drug-likeness (QED) is 0.178. The fraction of sp³-hybridized carbons (Fsp3) is 0.718. The predicted molar refractivity (Wildman–Crippen MR) is 194 cm³/mol. The maximum absolute atomic E-state index is 13.1. The minimum atomic E-state index is -1.64. The molecule has 3 aliphatic rings. The van der Waals surface area contributed by atoms with Crippen LogP contribution in [0.2, 0.25) is 0 Å². The predicted octanol–water partition coefficient (Wildman–Crippen LogP) is 1.01. The maximum atomic E-state index is 13.1. The van der Waals surface area contributed by atoms with Crippen LogP contribution in [0.4, 0.5) is 0 Å². The molecule has 0 aromatic rings. The number of ether oxygens (including phenoxy) is 4. The fourth-order valence-electron chi connectivity index (χ4n) is 6.76. The first-order valence-electron chi connectivity index (χ1n) is 18.8. The van der Waals surface area contributed by atoms with Crippen molar-refractivity contribution in [2.24, 2.45) is 5.92 Å². The van der Waals surface area contributed by atoms with Crippen molar-refractivity contribution >= 4 is 5.97 Å². The van der Waals surface area contributed by atoms with Crippen LogP contribution in [-0.2, 0) is 23.7 Å². The van der Waals surface area contributed by atoms with Gasteiger partial charge in [0.1, 0.15) is 42.7 Å². The third-order valence-electron chi connectivity index (χ3n) is 9.98. The Labute approximate surface area is 312 Å². The van der Waals surface area contributed by atoms with Crippen LogP contribution in [0.1, 0.15) is 79.1 Å². The first kappa shape index (κ1) is 45.1. The van der Waals surface area contributed by atoms with Crippen LogP contribution in [0.25, 0.3) is 0 Å². The number of carbonyl (C=O) groups is 1. The van der Waals surface area contributed by atoms with Crippen molar-refractivity contribution in [2.45, 2.75) is 171 Å². The minimum Gasteiger partial charge on any atom is -0.459 e. The van der Waals surface area contributed by atoms with Crippen molar-refractivity contribution < 1.29 is 69.7 Å². The lowest BCUT2D eigenvalue weighted by atomic mass is 9.89. The lowest BCUT2D eigenvalue weighted by molar-refractivity contribution is -0.310. The molecule has 0 aliphatic carbocycles. The first-order chi connectivity index (χ1) is 25.1. The molecule has 3 heterocycles. The molecular weight excluding hydrogens is 692 g/mol. The summed E-state index contributed by atoms with van der Waals surface area (Å²) in [5, 5.41) is 97.0. The largest absolute Gasteiger partial charge is 0.459 e. The first-order valence-corrected chi connectivity index (χ1v) is 18.8. The molecule has 14 heteroatoms. The van der Waals surface area contributed by atoms with E-state index >= 15 is 0 Å². The van der Waals surface area contributed by atoms with E-state index in [1.807, 2.05) is 6.92 Å². The summed E-state index contributed by atoms with van der Waals surface area (Å²) in [6.07, 6.45) is -1.39. The van der Waals surface area contributed by atoms with Crippen molar-refractivity contribution in [3.63, 3.8) is 0 Å². The van der Waals surface area contributed by atoms with Gasteiger partial charge in [0.05, 0.1) is 48.6 Å². The number of fused-ring (bicyclic) bond motifs is 2. The van der Waals surface area contributed by atoms with Gasteiger partial charge in [0, 0.05) is 12.8 Å². The molecule has 11 unspecified atom stereocenters. The number of hydrogen-bond acceptors (Lipinski definition) is 14. The van der Waals surface area contributed by atoms with E-state index in [2.05, 4.69) is 0 Å². The number of hydrogen-bond donors (Lipinski definition) is 9. The molecule has 2 saturated heterocycles. The Bertz CT molecular complexity index is 1250. The Morgan fingerprint density at radius 1 is 0.698 bits per heavy atom. The van der Waals surface area contributed by atoms with Gasteiger partial charge in [-0.05, 0) is 52.0 Å². The molecule has 53 heavy (non-hydrogen) atoms. The summed E-state index contributed by atoms with van der Waals surface area (Å²) in [5.74, 6) is -1.65. The van der Waals surface area contributed by atoms with Gasteiger partial charge in [-0.1, -0.05) is 74.4 Å². The van der Waals surface area contributed by atoms with Crippen LogP contribution in [0.5, 0.6) is 0 Å². The second-order valence-electron chi connectivity index (χ2n) is 14.6. The second kappa shape index (κ2) is 22.3. The summed E-state index contributed by atoms with van der Waals surface area (Å²) >= 11 is 0. The summed E-state index contributed by atoms with van der Waals surface area (Å²) in [7, 11) is 0. The van der Waals surface area contributed by atoms with Crippen molar-refractivity contribution in [3.05, 3.63) is 60.3 Å². The van der Waals surface area contributed by atoms with E-state index in [1.54, 1.807) is 62.5 Å². The topological polar surface area (TPSA) is 236 Å². The van der Waals surface area contributed by atoms with Gasteiger partial charge >= 0.3 is 5.97 Å². The molecule has 302 valence electrons. The van der Waals surface area contributed by atoms with Gasteiger partial charge in [-0.2, -0.15) is 0 Å². The number of esters is 1. The Kier molecular flexibility index (Phi) is 19.0. The zero-order valence-corrected chi connectivity index (χ0v) is 31.2. The summed E-state index contributed by atoms with van der Waals surface area (Å²) < 4.78 is 23.4. The molecule has 3 aliphatic heterocycles. The zero-order chi connectivity index (χ0) is 39.2. The van der Waals surface area contributed by atoms with Gasteiger partial charge in [-0.3, -0.25) is 4.79 Å². The maximum Gasteiger partial charge on any atom is 0.311 e. The monoisotopic (exact) mass is 754 g/mol. The number of cyclic esters (lactones) is 1. The van der Waals surface area contributed by atoms with Crippen LogP contribution in [0, 0.1) is 5.92 Å². The average Bonchev–Trinajstić information content (AvgIpc) is 3.09. The third-order valence-corrected chi connectivity index (χ3v) is 9.98. The van der Waals surface area contributed by atoms with Gasteiger partial charge in [0.2, 0.25) is 0 Å². The minimum absolute atomic E-state index is 0.0196.